The summed E-state index contributed by atoms with van der Waals surface area (Å²) in [5, 5.41) is 8.77. The molecule has 1 atom stereocenters. The maximum absolute atomic E-state index is 10.7. The van der Waals surface area contributed by atoms with E-state index in [0.29, 0.717) is 5.69 Å². The monoisotopic (exact) mass is 204 g/mol. The Morgan fingerprint density at radius 3 is 2.62 bits per heavy atom. The molecule has 1 aromatic heterocycles. The van der Waals surface area contributed by atoms with Gasteiger partial charge in [0.1, 0.15) is 5.15 Å². The van der Waals surface area contributed by atoms with E-state index >= 15 is 0 Å². The number of aliphatic carboxylic acids is 1. The molecule has 5 nitrogen and oxygen atoms in total. The van der Waals surface area contributed by atoms with Crippen molar-refractivity contribution in [2.45, 2.75) is 13.3 Å². The normalized spacial score (nSPS) is 12.8. The van der Waals surface area contributed by atoms with Crippen molar-refractivity contribution >= 4 is 17.6 Å². The summed E-state index contributed by atoms with van der Waals surface area (Å²) in [5.41, 5.74) is 0.0131. The Hall–Kier alpha value is -1.23. The number of aromatic amines is 2. The molecule has 0 amide bonds. The molecule has 0 aliphatic rings. The lowest BCUT2D eigenvalue weighted by Gasteiger charge is -2.02. The van der Waals surface area contributed by atoms with Crippen LogP contribution >= 0.6 is 11.6 Å². The smallest absolute Gasteiger partial charge is 0.324 e. The van der Waals surface area contributed by atoms with Crippen molar-refractivity contribution in [1.29, 1.82) is 0 Å². The fourth-order valence-electron chi connectivity index (χ4n) is 0.932. The van der Waals surface area contributed by atoms with Crippen LogP contribution in [-0.4, -0.2) is 21.0 Å². The van der Waals surface area contributed by atoms with Crippen molar-refractivity contribution in [2.75, 3.05) is 0 Å². The number of nitrogens with one attached hydrogen (secondary N) is 2. The third kappa shape index (κ3) is 2.35. The third-order valence-electron chi connectivity index (χ3n) is 1.68. The molecule has 6 heteroatoms. The van der Waals surface area contributed by atoms with Crippen LogP contribution in [0, 0.1) is 5.92 Å². The molecule has 0 aromatic carbocycles. The van der Waals surface area contributed by atoms with Gasteiger partial charge < -0.3 is 10.1 Å². The molecule has 13 heavy (non-hydrogen) atoms. The minimum atomic E-state index is -0.918. The number of hydrogen-bond acceptors (Lipinski definition) is 2. The molecule has 0 fully saturated rings. The molecule has 0 saturated heterocycles. The van der Waals surface area contributed by atoms with Crippen molar-refractivity contribution in [3.8, 4) is 0 Å². The van der Waals surface area contributed by atoms with Gasteiger partial charge in [0.15, 0.2) is 0 Å². The fourth-order valence-corrected chi connectivity index (χ4v) is 1.14. The Labute approximate surface area is 78.7 Å². The number of carboxylic acids is 1. The van der Waals surface area contributed by atoms with E-state index in [0.717, 1.165) is 0 Å². The first-order chi connectivity index (χ1) is 6.00. The van der Waals surface area contributed by atoms with Crippen LogP contribution in [0.15, 0.2) is 4.79 Å². The second kappa shape index (κ2) is 3.66. The first-order valence-corrected chi connectivity index (χ1v) is 4.08. The maximum Gasteiger partial charge on any atom is 0.324 e. The lowest BCUT2D eigenvalue weighted by molar-refractivity contribution is -0.141. The van der Waals surface area contributed by atoms with Gasteiger partial charge in [-0.15, -0.1) is 0 Å². The van der Waals surface area contributed by atoms with Gasteiger partial charge >= 0.3 is 11.7 Å². The van der Waals surface area contributed by atoms with Crippen LogP contribution in [0.2, 0.25) is 5.15 Å². The van der Waals surface area contributed by atoms with Crippen molar-refractivity contribution < 1.29 is 9.90 Å². The standard InChI is InChI=1S/C7H9ClN2O3/c1-3(6(11)12)2-4-5(8)10-7(13)9-4/h3H,2H2,1H3,(H,11,12)(H2,9,10,13). The highest BCUT2D eigenvalue weighted by Gasteiger charge is 2.15. The minimum absolute atomic E-state index is 0.179. The van der Waals surface area contributed by atoms with Crippen LogP contribution < -0.4 is 5.69 Å². The Kier molecular flexibility index (Phi) is 2.77. The highest BCUT2D eigenvalue weighted by Crippen LogP contribution is 2.12. The van der Waals surface area contributed by atoms with Gasteiger partial charge in [0.05, 0.1) is 11.6 Å². The number of hydrogen-bond donors (Lipinski definition) is 3. The number of carbonyl (C=O) groups is 1. The molecule has 0 bridgehead atoms. The predicted molar refractivity (Wildman–Crippen MR) is 46.9 cm³/mol. The molecular weight excluding hydrogens is 196 g/mol. The van der Waals surface area contributed by atoms with Gasteiger partial charge in [0.25, 0.3) is 0 Å². The molecule has 1 rings (SSSR count). The summed E-state index contributed by atoms with van der Waals surface area (Å²) >= 11 is 5.61. The topological polar surface area (TPSA) is 86.0 Å². The SMILES string of the molecule is CC(Cc1[nH]c(=O)[nH]c1Cl)C(=O)O. The largest absolute Gasteiger partial charge is 0.481 e. The Morgan fingerprint density at radius 1 is 1.62 bits per heavy atom. The number of carboxylic acid groups (broad SMARTS) is 1. The van der Waals surface area contributed by atoms with E-state index in [4.69, 9.17) is 16.7 Å². The van der Waals surface area contributed by atoms with E-state index in [2.05, 4.69) is 9.97 Å². The molecule has 1 heterocycles. The summed E-state index contributed by atoms with van der Waals surface area (Å²) in [4.78, 5) is 25.9. The number of aromatic nitrogens is 2. The lowest BCUT2D eigenvalue weighted by Crippen LogP contribution is -2.13. The quantitative estimate of drug-likeness (QED) is 0.675. The van der Waals surface area contributed by atoms with E-state index in [1.165, 1.54) is 0 Å². The molecule has 0 aliphatic carbocycles. The van der Waals surface area contributed by atoms with Gasteiger partial charge in [0.2, 0.25) is 0 Å². The van der Waals surface area contributed by atoms with E-state index in [1.54, 1.807) is 6.92 Å². The molecule has 1 unspecified atom stereocenters. The number of halogens is 1. The van der Waals surface area contributed by atoms with Crippen LogP contribution in [-0.2, 0) is 11.2 Å². The number of H-pyrrole nitrogens is 2. The minimum Gasteiger partial charge on any atom is -0.481 e. The molecule has 0 aliphatic heterocycles. The van der Waals surface area contributed by atoms with Crippen LogP contribution in [0.5, 0.6) is 0 Å². The van der Waals surface area contributed by atoms with Crippen LogP contribution in [0.1, 0.15) is 12.6 Å². The number of rotatable bonds is 3. The van der Waals surface area contributed by atoms with Crippen LogP contribution in [0.4, 0.5) is 0 Å². The van der Waals surface area contributed by atoms with E-state index in [-0.39, 0.29) is 11.6 Å². The highest BCUT2D eigenvalue weighted by atomic mass is 35.5. The van der Waals surface area contributed by atoms with Crippen LogP contribution in [0.25, 0.3) is 0 Å². The van der Waals surface area contributed by atoms with Gasteiger partial charge in [-0.3, -0.25) is 9.78 Å². The summed E-state index contributed by atoms with van der Waals surface area (Å²) in [7, 11) is 0. The summed E-state index contributed by atoms with van der Waals surface area (Å²) in [5.74, 6) is -1.48. The van der Waals surface area contributed by atoms with Gasteiger partial charge in [-0.2, -0.15) is 0 Å². The van der Waals surface area contributed by atoms with Gasteiger partial charge in [-0.1, -0.05) is 18.5 Å². The van der Waals surface area contributed by atoms with Gasteiger partial charge in [0, 0.05) is 6.42 Å². The zero-order valence-electron chi connectivity index (χ0n) is 6.93. The maximum atomic E-state index is 10.7. The third-order valence-corrected chi connectivity index (χ3v) is 2.01. The molecule has 1 aromatic rings. The van der Waals surface area contributed by atoms with E-state index < -0.39 is 17.6 Å². The summed E-state index contributed by atoms with van der Waals surface area (Å²) in [6.45, 7) is 1.55. The molecule has 72 valence electrons. The molecule has 3 N–H and O–H groups in total. The predicted octanol–water partition coefficient (Wildman–Crippen LogP) is 0.620. The van der Waals surface area contributed by atoms with Gasteiger partial charge in [-0.25, -0.2) is 4.79 Å². The fraction of sp³-hybridized carbons (Fsp3) is 0.429. The number of imidazole rings is 1. The second-order valence-electron chi connectivity index (χ2n) is 2.82. The van der Waals surface area contributed by atoms with Crippen molar-refractivity contribution in [3.05, 3.63) is 21.3 Å². The zero-order chi connectivity index (χ0) is 10.0. The van der Waals surface area contributed by atoms with Crippen LogP contribution in [0.3, 0.4) is 0 Å². The molecule has 0 radical (unpaired) electrons. The van der Waals surface area contributed by atoms with Crippen molar-refractivity contribution in [1.82, 2.24) is 9.97 Å². The summed E-state index contributed by atoms with van der Waals surface area (Å²) in [6.07, 6.45) is 0.215. The molecular formula is C7H9ClN2O3. The van der Waals surface area contributed by atoms with E-state index in [1.807, 2.05) is 0 Å². The molecule has 0 spiro atoms. The average molecular weight is 205 g/mol. The Balaban J connectivity index is 2.80. The van der Waals surface area contributed by atoms with E-state index in [9.17, 15) is 9.59 Å². The Morgan fingerprint density at radius 2 is 2.23 bits per heavy atom. The van der Waals surface area contributed by atoms with Crippen molar-refractivity contribution in [2.24, 2.45) is 5.92 Å². The van der Waals surface area contributed by atoms with Crippen molar-refractivity contribution in [3.63, 3.8) is 0 Å². The first-order valence-electron chi connectivity index (χ1n) is 3.70. The zero-order valence-corrected chi connectivity index (χ0v) is 7.68. The van der Waals surface area contributed by atoms with Gasteiger partial charge in [-0.05, 0) is 0 Å². The summed E-state index contributed by atoms with van der Waals surface area (Å²) < 4.78 is 0. The lowest BCUT2D eigenvalue weighted by atomic mass is 10.1. The molecule has 0 saturated carbocycles. The Bertz CT molecular complexity index is 368. The summed E-state index contributed by atoms with van der Waals surface area (Å²) in [6, 6.07) is 0. The highest BCUT2D eigenvalue weighted by molar-refractivity contribution is 6.30. The second-order valence-corrected chi connectivity index (χ2v) is 3.19. The first kappa shape index (κ1) is 9.85. The average Bonchev–Trinajstić information content (AvgIpc) is 2.30.